The van der Waals surface area contributed by atoms with Crippen LogP contribution in [0.3, 0.4) is 0 Å². The van der Waals surface area contributed by atoms with Crippen LogP contribution in [0.5, 0.6) is 0 Å². The number of esters is 1. The molecule has 1 aromatic carbocycles. The lowest BCUT2D eigenvalue weighted by atomic mass is 10.1. The van der Waals surface area contributed by atoms with Crippen molar-refractivity contribution in [1.82, 2.24) is 5.32 Å². The molecule has 0 fully saturated rings. The monoisotopic (exact) mass is 293 g/mol. The van der Waals surface area contributed by atoms with Crippen LogP contribution in [0.2, 0.25) is 0 Å². The van der Waals surface area contributed by atoms with E-state index in [1.165, 1.54) is 7.11 Å². The fraction of sp³-hybridized carbons (Fsp3) is 0.400. The van der Waals surface area contributed by atoms with Gasteiger partial charge >= 0.3 is 12.1 Å². The van der Waals surface area contributed by atoms with Crippen LogP contribution in [0.4, 0.5) is 4.79 Å². The fourth-order valence-corrected chi connectivity index (χ4v) is 1.70. The van der Waals surface area contributed by atoms with Crippen LogP contribution in [0.25, 0.3) is 0 Å². The Bertz CT molecular complexity index is 460. The maximum Gasteiger partial charge on any atom is 0.408 e. The van der Waals surface area contributed by atoms with Crippen molar-refractivity contribution >= 4 is 18.3 Å². The average Bonchev–Trinajstić information content (AvgIpc) is 2.52. The number of benzene rings is 1. The predicted octanol–water partition coefficient (Wildman–Crippen LogP) is 1.82. The number of carbonyl (C=O) groups is 3. The normalized spacial score (nSPS) is 11.3. The molecule has 0 aliphatic heterocycles. The molecular weight excluding hydrogens is 274 g/mol. The number of aldehydes is 1. The Morgan fingerprint density at radius 3 is 2.62 bits per heavy atom. The fourth-order valence-electron chi connectivity index (χ4n) is 1.70. The standard InChI is InChI=1S/C15H19NO5/c1-20-14(18)13(9-5-6-10-17)16-15(19)21-11-12-7-3-2-4-8-12/h2-4,7-8,10,13H,5-6,9,11H2,1H3,(H,16,19)/t13-/m1/s1. The number of amides is 1. The average molecular weight is 293 g/mol. The summed E-state index contributed by atoms with van der Waals surface area (Å²) in [5, 5.41) is 2.45. The zero-order chi connectivity index (χ0) is 15.5. The third-order valence-electron chi connectivity index (χ3n) is 2.81. The number of ether oxygens (including phenoxy) is 2. The van der Waals surface area contributed by atoms with Gasteiger partial charge in [0.1, 0.15) is 18.9 Å². The maximum atomic E-state index is 11.7. The third-order valence-corrected chi connectivity index (χ3v) is 2.81. The minimum atomic E-state index is -0.807. The van der Waals surface area contributed by atoms with E-state index in [0.29, 0.717) is 19.3 Å². The molecule has 0 heterocycles. The van der Waals surface area contributed by atoms with Crippen LogP contribution >= 0.6 is 0 Å². The second-order valence-corrected chi connectivity index (χ2v) is 4.38. The van der Waals surface area contributed by atoms with Crippen molar-refractivity contribution < 1.29 is 23.9 Å². The second-order valence-electron chi connectivity index (χ2n) is 4.38. The van der Waals surface area contributed by atoms with E-state index in [1.807, 2.05) is 30.3 Å². The van der Waals surface area contributed by atoms with Gasteiger partial charge in [0, 0.05) is 6.42 Å². The number of hydrogen-bond donors (Lipinski definition) is 1. The number of nitrogens with one attached hydrogen (secondary N) is 1. The largest absolute Gasteiger partial charge is 0.467 e. The maximum absolute atomic E-state index is 11.7. The molecular formula is C15H19NO5. The van der Waals surface area contributed by atoms with Gasteiger partial charge in [-0.25, -0.2) is 9.59 Å². The van der Waals surface area contributed by atoms with E-state index in [1.54, 1.807) is 0 Å². The minimum absolute atomic E-state index is 0.120. The summed E-state index contributed by atoms with van der Waals surface area (Å²) in [5.41, 5.74) is 0.850. The van der Waals surface area contributed by atoms with E-state index in [4.69, 9.17) is 4.74 Å². The topological polar surface area (TPSA) is 81.7 Å². The van der Waals surface area contributed by atoms with Gasteiger partial charge in [0.05, 0.1) is 7.11 Å². The molecule has 0 aromatic heterocycles. The van der Waals surface area contributed by atoms with Crippen molar-refractivity contribution in [2.45, 2.75) is 31.9 Å². The Labute approximate surface area is 123 Å². The zero-order valence-electron chi connectivity index (χ0n) is 11.9. The lowest BCUT2D eigenvalue weighted by Gasteiger charge is -2.15. The Morgan fingerprint density at radius 1 is 1.29 bits per heavy atom. The molecule has 0 saturated carbocycles. The summed E-state index contributed by atoms with van der Waals surface area (Å²) in [5.74, 6) is -0.558. The molecule has 114 valence electrons. The number of alkyl carbamates (subject to hydrolysis) is 1. The van der Waals surface area contributed by atoms with Crippen LogP contribution < -0.4 is 5.32 Å². The van der Waals surface area contributed by atoms with E-state index in [2.05, 4.69) is 10.1 Å². The molecule has 1 atom stereocenters. The molecule has 1 N–H and O–H groups in total. The van der Waals surface area contributed by atoms with Crippen molar-refractivity contribution in [1.29, 1.82) is 0 Å². The Morgan fingerprint density at radius 2 is 2.00 bits per heavy atom. The van der Waals surface area contributed by atoms with Crippen molar-refractivity contribution in [3.05, 3.63) is 35.9 Å². The van der Waals surface area contributed by atoms with Crippen molar-refractivity contribution in [3.63, 3.8) is 0 Å². The van der Waals surface area contributed by atoms with Crippen LogP contribution in [0.1, 0.15) is 24.8 Å². The molecule has 6 heteroatoms. The number of methoxy groups -OCH3 is 1. The van der Waals surface area contributed by atoms with E-state index in [0.717, 1.165) is 11.8 Å². The number of unbranched alkanes of at least 4 members (excludes halogenated alkanes) is 1. The molecule has 21 heavy (non-hydrogen) atoms. The summed E-state index contributed by atoms with van der Waals surface area (Å²) in [7, 11) is 1.24. The van der Waals surface area contributed by atoms with E-state index in [-0.39, 0.29) is 6.61 Å². The Hall–Kier alpha value is -2.37. The van der Waals surface area contributed by atoms with E-state index in [9.17, 15) is 14.4 Å². The van der Waals surface area contributed by atoms with Crippen LogP contribution in [-0.4, -0.2) is 31.5 Å². The summed E-state index contributed by atoms with van der Waals surface area (Å²) in [6, 6.07) is 8.40. The summed E-state index contributed by atoms with van der Waals surface area (Å²) in [4.78, 5) is 33.5. The second kappa shape index (κ2) is 9.52. The summed E-state index contributed by atoms with van der Waals surface area (Å²) in [6.45, 7) is 0.120. The highest BCUT2D eigenvalue weighted by atomic mass is 16.6. The number of rotatable bonds is 8. The molecule has 0 unspecified atom stereocenters. The molecule has 0 aliphatic carbocycles. The van der Waals surface area contributed by atoms with Gasteiger partial charge in [-0.05, 0) is 18.4 Å². The molecule has 0 radical (unpaired) electrons. The van der Waals surface area contributed by atoms with Gasteiger partial charge in [-0.15, -0.1) is 0 Å². The highest BCUT2D eigenvalue weighted by molar-refractivity contribution is 5.81. The summed E-state index contributed by atoms with van der Waals surface area (Å²) in [6.07, 6.45) is 1.21. The lowest BCUT2D eigenvalue weighted by molar-refractivity contribution is -0.143. The third kappa shape index (κ3) is 6.56. The first-order valence-electron chi connectivity index (χ1n) is 6.66. The van der Waals surface area contributed by atoms with Crippen molar-refractivity contribution in [2.75, 3.05) is 7.11 Å². The van der Waals surface area contributed by atoms with Crippen molar-refractivity contribution in [3.8, 4) is 0 Å². The first kappa shape index (κ1) is 16.7. The smallest absolute Gasteiger partial charge is 0.408 e. The lowest BCUT2D eigenvalue weighted by Crippen LogP contribution is -2.41. The summed E-state index contributed by atoms with van der Waals surface area (Å²) < 4.78 is 9.64. The first-order chi connectivity index (χ1) is 10.2. The van der Waals surface area contributed by atoms with Gasteiger partial charge in [0.2, 0.25) is 0 Å². The van der Waals surface area contributed by atoms with Crippen LogP contribution in [0.15, 0.2) is 30.3 Å². The number of carbonyl (C=O) groups excluding carboxylic acids is 3. The van der Waals surface area contributed by atoms with Crippen LogP contribution in [0, 0.1) is 0 Å². The predicted molar refractivity (Wildman–Crippen MR) is 75.5 cm³/mol. The van der Waals surface area contributed by atoms with Gasteiger partial charge in [0.15, 0.2) is 0 Å². The zero-order valence-corrected chi connectivity index (χ0v) is 11.9. The first-order valence-corrected chi connectivity index (χ1v) is 6.66. The number of hydrogen-bond acceptors (Lipinski definition) is 5. The molecule has 1 aromatic rings. The minimum Gasteiger partial charge on any atom is -0.467 e. The Kier molecular flexibility index (Phi) is 7.56. The van der Waals surface area contributed by atoms with Gasteiger partial charge in [-0.1, -0.05) is 30.3 Å². The molecule has 1 rings (SSSR count). The van der Waals surface area contributed by atoms with Gasteiger partial charge < -0.3 is 19.6 Å². The molecule has 0 bridgehead atoms. The molecule has 1 amide bonds. The highest BCUT2D eigenvalue weighted by Crippen LogP contribution is 2.04. The van der Waals surface area contributed by atoms with Gasteiger partial charge in [0.25, 0.3) is 0 Å². The van der Waals surface area contributed by atoms with Crippen molar-refractivity contribution in [2.24, 2.45) is 0 Å². The van der Waals surface area contributed by atoms with Crippen LogP contribution in [-0.2, 0) is 25.7 Å². The molecule has 0 spiro atoms. The molecule has 0 aliphatic rings. The Balaban J connectivity index is 2.43. The highest BCUT2D eigenvalue weighted by Gasteiger charge is 2.21. The van der Waals surface area contributed by atoms with Gasteiger partial charge in [-0.3, -0.25) is 0 Å². The van der Waals surface area contributed by atoms with Gasteiger partial charge in [-0.2, -0.15) is 0 Å². The SMILES string of the molecule is COC(=O)[C@@H](CCCC=O)NC(=O)OCc1ccccc1. The van der Waals surface area contributed by atoms with E-state index >= 15 is 0 Å². The van der Waals surface area contributed by atoms with E-state index < -0.39 is 18.1 Å². The quantitative estimate of drug-likeness (QED) is 0.449. The molecule has 0 saturated heterocycles. The summed E-state index contributed by atoms with van der Waals surface area (Å²) >= 11 is 0. The molecule has 6 nitrogen and oxygen atoms in total.